The molecule has 1 aliphatic heterocycles. The van der Waals surface area contributed by atoms with Crippen LogP contribution in [0.5, 0.6) is 0 Å². The summed E-state index contributed by atoms with van der Waals surface area (Å²) in [6.45, 7) is 1.47. The zero-order valence-electron chi connectivity index (χ0n) is 13.8. The van der Waals surface area contributed by atoms with Gasteiger partial charge in [0.25, 0.3) is 11.6 Å². The lowest BCUT2D eigenvalue weighted by Gasteiger charge is -2.23. The van der Waals surface area contributed by atoms with Crippen molar-refractivity contribution in [3.05, 3.63) is 63.8 Å². The molecule has 130 valence electrons. The summed E-state index contributed by atoms with van der Waals surface area (Å²) in [5.41, 5.74) is 6.61. The first-order chi connectivity index (χ1) is 12.1. The fraction of sp³-hybridized carbons (Fsp3) is 0.333. The van der Waals surface area contributed by atoms with Crippen molar-refractivity contribution in [1.82, 2.24) is 4.98 Å². The molecule has 7 nitrogen and oxygen atoms in total. The average molecular weight is 340 g/mol. The van der Waals surface area contributed by atoms with E-state index in [0.29, 0.717) is 11.7 Å². The SMILES string of the molecule is NC(=O)c1cc([N+](=O)[O-])cnc1N1CCCC(c2ccccc2)CC1. The van der Waals surface area contributed by atoms with Crippen molar-refractivity contribution < 1.29 is 9.72 Å². The standard InChI is InChI=1S/C18H20N4O3/c19-17(23)16-11-15(22(24)25)12-20-18(16)21-9-4-7-14(8-10-21)13-5-2-1-3-6-13/h1-3,5-6,11-12,14H,4,7-10H2,(H2,19,23). The largest absolute Gasteiger partial charge is 0.365 e. The number of primary amides is 1. The molecule has 2 heterocycles. The maximum absolute atomic E-state index is 11.7. The van der Waals surface area contributed by atoms with E-state index < -0.39 is 10.8 Å². The van der Waals surface area contributed by atoms with Gasteiger partial charge in [0.2, 0.25) is 0 Å². The molecule has 1 saturated heterocycles. The molecule has 7 heteroatoms. The van der Waals surface area contributed by atoms with E-state index in [1.165, 1.54) is 17.8 Å². The van der Waals surface area contributed by atoms with Gasteiger partial charge in [-0.2, -0.15) is 0 Å². The Balaban J connectivity index is 1.83. The van der Waals surface area contributed by atoms with Gasteiger partial charge in [-0.15, -0.1) is 0 Å². The Morgan fingerprint density at radius 3 is 2.68 bits per heavy atom. The molecule has 1 aromatic carbocycles. The van der Waals surface area contributed by atoms with E-state index >= 15 is 0 Å². The molecular formula is C18H20N4O3. The van der Waals surface area contributed by atoms with Gasteiger partial charge < -0.3 is 10.6 Å². The van der Waals surface area contributed by atoms with Crippen LogP contribution in [-0.2, 0) is 0 Å². The van der Waals surface area contributed by atoms with Crippen LogP contribution in [0.4, 0.5) is 11.5 Å². The van der Waals surface area contributed by atoms with E-state index in [0.717, 1.165) is 32.4 Å². The van der Waals surface area contributed by atoms with E-state index in [9.17, 15) is 14.9 Å². The number of rotatable bonds is 4. The number of anilines is 1. The normalized spacial score (nSPS) is 17.8. The van der Waals surface area contributed by atoms with Gasteiger partial charge in [-0.3, -0.25) is 14.9 Å². The predicted octanol–water partition coefficient (Wildman–Crippen LogP) is 2.86. The quantitative estimate of drug-likeness (QED) is 0.681. The first kappa shape index (κ1) is 16.9. The number of hydrogen-bond donors (Lipinski definition) is 1. The third-order valence-electron chi connectivity index (χ3n) is 4.63. The number of hydrogen-bond acceptors (Lipinski definition) is 5. The lowest BCUT2D eigenvalue weighted by atomic mass is 9.92. The molecule has 1 amide bonds. The van der Waals surface area contributed by atoms with Gasteiger partial charge in [-0.25, -0.2) is 4.98 Å². The van der Waals surface area contributed by atoms with Crippen LogP contribution in [0.15, 0.2) is 42.6 Å². The number of carbonyl (C=O) groups excluding carboxylic acids is 1. The third-order valence-corrected chi connectivity index (χ3v) is 4.63. The van der Waals surface area contributed by atoms with E-state index in [-0.39, 0.29) is 11.3 Å². The Morgan fingerprint density at radius 2 is 2.00 bits per heavy atom. The van der Waals surface area contributed by atoms with Gasteiger partial charge in [0.05, 0.1) is 10.5 Å². The number of carbonyl (C=O) groups is 1. The van der Waals surface area contributed by atoms with Crippen LogP contribution < -0.4 is 10.6 Å². The van der Waals surface area contributed by atoms with Crippen LogP contribution in [0.3, 0.4) is 0 Å². The predicted molar refractivity (Wildman–Crippen MR) is 94.7 cm³/mol. The van der Waals surface area contributed by atoms with E-state index in [4.69, 9.17) is 5.73 Å². The summed E-state index contributed by atoms with van der Waals surface area (Å²) in [5, 5.41) is 10.9. The highest BCUT2D eigenvalue weighted by atomic mass is 16.6. The Labute approximate surface area is 145 Å². The lowest BCUT2D eigenvalue weighted by Crippen LogP contribution is -2.28. The van der Waals surface area contributed by atoms with Gasteiger partial charge in [-0.1, -0.05) is 30.3 Å². The van der Waals surface area contributed by atoms with Crippen molar-refractivity contribution in [2.24, 2.45) is 5.73 Å². The van der Waals surface area contributed by atoms with Crippen molar-refractivity contribution in [2.75, 3.05) is 18.0 Å². The van der Waals surface area contributed by atoms with E-state index in [2.05, 4.69) is 17.1 Å². The molecule has 3 rings (SSSR count). The fourth-order valence-corrected chi connectivity index (χ4v) is 3.35. The van der Waals surface area contributed by atoms with Crippen molar-refractivity contribution >= 4 is 17.4 Å². The highest BCUT2D eigenvalue weighted by molar-refractivity contribution is 5.98. The maximum atomic E-state index is 11.7. The molecule has 1 unspecified atom stereocenters. The van der Waals surface area contributed by atoms with Gasteiger partial charge in [0.15, 0.2) is 0 Å². The molecular weight excluding hydrogens is 320 g/mol. The Kier molecular flexibility index (Phi) is 4.92. The molecule has 2 N–H and O–H groups in total. The van der Waals surface area contributed by atoms with Gasteiger partial charge in [0, 0.05) is 19.2 Å². The summed E-state index contributed by atoms with van der Waals surface area (Å²) in [7, 11) is 0. The minimum Gasteiger partial charge on any atom is -0.365 e. The Hall–Kier alpha value is -2.96. The molecule has 1 aromatic heterocycles. The molecule has 1 fully saturated rings. The second-order valence-corrected chi connectivity index (χ2v) is 6.21. The minimum atomic E-state index is -0.699. The molecule has 25 heavy (non-hydrogen) atoms. The monoisotopic (exact) mass is 340 g/mol. The van der Waals surface area contributed by atoms with Crippen LogP contribution in [0, 0.1) is 10.1 Å². The van der Waals surface area contributed by atoms with Crippen molar-refractivity contribution in [2.45, 2.75) is 25.2 Å². The van der Waals surface area contributed by atoms with Crippen LogP contribution >= 0.6 is 0 Å². The fourth-order valence-electron chi connectivity index (χ4n) is 3.35. The highest BCUT2D eigenvalue weighted by Crippen LogP contribution is 2.31. The van der Waals surface area contributed by atoms with Crippen LogP contribution in [0.25, 0.3) is 0 Å². The summed E-state index contributed by atoms with van der Waals surface area (Å²) in [6.07, 6.45) is 4.12. The summed E-state index contributed by atoms with van der Waals surface area (Å²) in [4.78, 5) is 28.3. The Morgan fingerprint density at radius 1 is 1.24 bits per heavy atom. The lowest BCUT2D eigenvalue weighted by molar-refractivity contribution is -0.385. The number of nitrogens with two attached hydrogens (primary N) is 1. The second kappa shape index (κ2) is 7.29. The first-order valence-corrected chi connectivity index (χ1v) is 8.30. The topological polar surface area (TPSA) is 102 Å². The zero-order chi connectivity index (χ0) is 17.8. The van der Waals surface area contributed by atoms with Crippen molar-refractivity contribution in [3.63, 3.8) is 0 Å². The van der Waals surface area contributed by atoms with Crippen LogP contribution in [0.1, 0.15) is 41.1 Å². The number of amides is 1. The van der Waals surface area contributed by atoms with Crippen LogP contribution in [-0.4, -0.2) is 28.9 Å². The minimum absolute atomic E-state index is 0.104. The Bertz CT molecular complexity index is 779. The third kappa shape index (κ3) is 3.76. The molecule has 0 saturated carbocycles. The number of nitrogens with zero attached hydrogens (tertiary/aromatic N) is 3. The van der Waals surface area contributed by atoms with Gasteiger partial charge in [0.1, 0.15) is 12.0 Å². The van der Waals surface area contributed by atoms with E-state index in [1.54, 1.807) is 0 Å². The summed E-state index contributed by atoms with van der Waals surface area (Å²) in [5.74, 6) is 0.197. The molecule has 0 bridgehead atoms. The molecule has 0 spiro atoms. The number of pyridine rings is 1. The average Bonchev–Trinajstić information content (AvgIpc) is 2.88. The number of benzene rings is 1. The maximum Gasteiger partial charge on any atom is 0.288 e. The molecule has 1 aliphatic rings. The number of aromatic nitrogens is 1. The molecule has 1 atom stereocenters. The molecule has 2 aromatic rings. The number of nitro groups is 1. The zero-order valence-corrected chi connectivity index (χ0v) is 13.8. The van der Waals surface area contributed by atoms with Crippen LogP contribution in [0.2, 0.25) is 0 Å². The van der Waals surface area contributed by atoms with Gasteiger partial charge >= 0.3 is 0 Å². The second-order valence-electron chi connectivity index (χ2n) is 6.21. The van der Waals surface area contributed by atoms with Gasteiger partial charge in [-0.05, 0) is 30.7 Å². The first-order valence-electron chi connectivity index (χ1n) is 8.30. The van der Waals surface area contributed by atoms with Crippen molar-refractivity contribution in [3.8, 4) is 0 Å². The summed E-state index contributed by atoms with van der Waals surface area (Å²) in [6, 6.07) is 11.6. The summed E-state index contributed by atoms with van der Waals surface area (Å²) < 4.78 is 0. The highest BCUT2D eigenvalue weighted by Gasteiger charge is 2.24. The van der Waals surface area contributed by atoms with E-state index in [1.807, 2.05) is 23.1 Å². The molecule has 0 aliphatic carbocycles. The smallest absolute Gasteiger partial charge is 0.288 e. The van der Waals surface area contributed by atoms with Crippen molar-refractivity contribution in [1.29, 1.82) is 0 Å². The molecule has 0 radical (unpaired) electrons. The summed E-state index contributed by atoms with van der Waals surface area (Å²) >= 11 is 0.